The van der Waals surface area contributed by atoms with Crippen molar-refractivity contribution >= 4 is 5.91 Å². The Balaban J connectivity index is 1.96. The van der Waals surface area contributed by atoms with E-state index in [0.29, 0.717) is 5.92 Å². The minimum atomic E-state index is 0.0474. The first-order valence-electron chi connectivity index (χ1n) is 6.75. The number of piperidine rings is 1. The Morgan fingerprint density at radius 1 is 1.44 bits per heavy atom. The van der Waals surface area contributed by atoms with E-state index < -0.39 is 0 Å². The molecule has 0 aliphatic carbocycles. The van der Waals surface area contributed by atoms with E-state index in [2.05, 4.69) is 17.6 Å². The van der Waals surface area contributed by atoms with E-state index in [9.17, 15) is 4.79 Å². The standard InChI is InChI=1S/C15H22N2O/c1-11-6-3-4-8-14(11)15(18)17-12(2)13-7-5-9-16-10-13/h3-4,6,8,12-13,16H,5,7,9-10H2,1-2H3,(H,17,18). The number of amides is 1. The molecule has 2 atom stereocenters. The third-order valence-corrected chi connectivity index (χ3v) is 3.79. The zero-order chi connectivity index (χ0) is 13.0. The molecular weight excluding hydrogens is 224 g/mol. The molecule has 2 rings (SSSR count). The molecule has 0 spiro atoms. The smallest absolute Gasteiger partial charge is 0.251 e. The van der Waals surface area contributed by atoms with Crippen molar-refractivity contribution in [2.75, 3.05) is 13.1 Å². The lowest BCUT2D eigenvalue weighted by molar-refractivity contribution is 0.0921. The summed E-state index contributed by atoms with van der Waals surface area (Å²) in [6, 6.07) is 7.96. The number of nitrogens with one attached hydrogen (secondary N) is 2. The van der Waals surface area contributed by atoms with E-state index in [1.54, 1.807) is 0 Å². The van der Waals surface area contributed by atoms with E-state index in [0.717, 1.165) is 24.2 Å². The Morgan fingerprint density at radius 3 is 2.89 bits per heavy atom. The maximum atomic E-state index is 12.2. The molecule has 0 bridgehead atoms. The molecule has 1 amide bonds. The van der Waals surface area contributed by atoms with Crippen LogP contribution in [0.5, 0.6) is 0 Å². The Morgan fingerprint density at radius 2 is 2.22 bits per heavy atom. The van der Waals surface area contributed by atoms with Crippen molar-refractivity contribution in [2.24, 2.45) is 5.92 Å². The molecule has 1 aromatic rings. The minimum absolute atomic E-state index is 0.0474. The molecule has 2 unspecified atom stereocenters. The quantitative estimate of drug-likeness (QED) is 0.857. The van der Waals surface area contributed by atoms with Crippen LogP contribution in [0.4, 0.5) is 0 Å². The van der Waals surface area contributed by atoms with Gasteiger partial charge in [0, 0.05) is 11.6 Å². The van der Waals surface area contributed by atoms with Crippen molar-refractivity contribution in [3.8, 4) is 0 Å². The number of rotatable bonds is 3. The van der Waals surface area contributed by atoms with Gasteiger partial charge in [0.1, 0.15) is 0 Å². The predicted octanol–water partition coefficient (Wildman–Crippen LogP) is 2.11. The van der Waals surface area contributed by atoms with Crippen LogP contribution in [0.3, 0.4) is 0 Å². The van der Waals surface area contributed by atoms with E-state index in [1.807, 2.05) is 31.2 Å². The summed E-state index contributed by atoms with van der Waals surface area (Å²) in [5.74, 6) is 0.595. The summed E-state index contributed by atoms with van der Waals surface area (Å²) in [4.78, 5) is 12.2. The molecule has 1 aliphatic rings. The summed E-state index contributed by atoms with van der Waals surface area (Å²) in [6.45, 7) is 6.19. The molecule has 1 fully saturated rings. The Labute approximate surface area is 109 Å². The predicted molar refractivity (Wildman–Crippen MR) is 73.7 cm³/mol. The van der Waals surface area contributed by atoms with E-state index in [-0.39, 0.29) is 11.9 Å². The zero-order valence-electron chi connectivity index (χ0n) is 11.2. The second kappa shape index (κ2) is 6.01. The van der Waals surface area contributed by atoms with Gasteiger partial charge in [0.15, 0.2) is 0 Å². The summed E-state index contributed by atoms with van der Waals surface area (Å²) in [7, 11) is 0. The largest absolute Gasteiger partial charge is 0.349 e. The number of carbonyl (C=O) groups is 1. The lowest BCUT2D eigenvalue weighted by atomic mass is 9.92. The first-order valence-corrected chi connectivity index (χ1v) is 6.75. The lowest BCUT2D eigenvalue weighted by Gasteiger charge is -2.29. The summed E-state index contributed by atoms with van der Waals surface area (Å²) in [6.07, 6.45) is 2.40. The number of benzene rings is 1. The first-order chi connectivity index (χ1) is 8.68. The van der Waals surface area contributed by atoms with Crippen molar-refractivity contribution in [1.29, 1.82) is 0 Å². The average Bonchev–Trinajstić information content (AvgIpc) is 2.40. The minimum Gasteiger partial charge on any atom is -0.349 e. The summed E-state index contributed by atoms with van der Waals surface area (Å²) in [5, 5.41) is 6.52. The number of carbonyl (C=O) groups excluding carboxylic acids is 1. The van der Waals surface area contributed by atoms with E-state index in [4.69, 9.17) is 0 Å². The van der Waals surface area contributed by atoms with Crippen LogP contribution in [0.1, 0.15) is 35.7 Å². The van der Waals surface area contributed by atoms with Gasteiger partial charge in [0.05, 0.1) is 0 Å². The van der Waals surface area contributed by atoms with E-state index >= 15 is 0 Å². The second-order valence-corrected chi connectivity index (χ2v) is 5.18. The molecule has 18 heavy (non-hydrogen) atoms. The van der Waals surface area contributed by atoms with Crippen LogP contribution in [-0.4, -0.2) is 25.0 Å². The molecule has 1 aliphatic heterocycles. The van der Waals surface area contributed by atoms with Gasteiger partial charge in [-0.3, -0.25) is 4.79 Å². The van der Waals surface area contributed by atoms with Crippen LogP contribution in [0.2, 0.25) is 0 Å². The highest BCUT2D eigenvalue weighted by molar-refractivity contribution is 5.95. The second-order valence-electron chi connectivity index (χ2n) is 5.18. The summed E-state index contributed by atoms with van der Waals surface area (Å²) < 4.78 is 0. The molecule has 1 saturated heterocycles. The van der Waals surface area contributed by atoms with Crippen LogP contribution in [0, 0.1) is 12.8 Å². The van der Waals surface area contributed by atoms with Gasteiger partial charge in [-0.15, -0.1) is 0 Å². The number of hydrogen-bond donors (Lipinski definition) is 2. The van der Waals surface area contributed by atoms with Gasteiger partial charge in [-0.2, -0.15) is 0 Å². The molecule has 1 heterocycles. The molecule has 0 radical (unpaired) electrons. The van der Waals surface area contributed by atoms with Crippen molar-refractivity contribution in [3.63, 3.8) is 0 Å². The fraction of sp³-hybridized carbons (Fsp3) is 0.533. The number of aryl methyl sites for hydroxylation is 1. The van der Waals surface area contributed by atoms with Gasteiger partial charge >= 0.3 is 0 Å². The van der Waals surface area contributed by atoms with Gasteiger partial charge in [0.2, 0.25) is 0 Å². The molecule has 0 saturated carbocycles. The highest BCUT2D eigenvalue weighted by Gasteiger charge is 2.21. The highest BCUT2D eigenvalue weighted by Crippen LogP contribution is 2.15. The molecule has 3 nitrogen and oxygen atoms in total. The zero-order valence-corrected chi connectivity index (χ0v) is 11.2. The van der Waals surface area contributed by atoms with Crippen LogP contribution >= 0.6 is 0 Å². The van der Waals surface area contributed by atoms with Gasteiger partial charge in [-0.25, -0.2) is 0 Å². The van der Waals surface area contributed by atoms with E-state index in [1.165, 1.54) is 12.8 Å². The molecule has 1 aromatic carbocycles. The molecule has 0 aromatic heterocycles. The molecule has 98 valence electrons. The molecular formula is C15H22N2O. The fourth-order valence-corrected chi connectivity index (χ4v) is 2.54. The van der Waals surface area contributed by atoms with Crippen molar-refractivity contribution in [2.45, 2.75) is 32.7 Å². The Bertz CT molecular complexity index is 411. The third kappa shape index (κ3) is 3.10. The van der Waals surface area contributed by atoms with Crippen LogP contribution in [0.25, 0.3) is 0 Å². The SMILES string of the molecule is Cc1ccccc1C(=O)NC(C)C1CCCNC1. The first kappa shape index (κ1) is 13.1. The number of hydrogen-bond acceptors (Lipinski definition) is 2. The van der Waals surface area contributed by atoms with Crippen LogP contribution in [-0.2, 0) is 0 Å². The molecule has 2 N–H and O–H groups in total. The van der Waals surface area contributed by atoms with Crippen molar-refractivity contribution < 1.29 is 4.79 Å². The topological polar surface area (TPSA) is 41.1 Å². The third-order valence-electron chi connectivity index (χ3n) is 3.79. The normalized spacial score (nSPS) is 21.3. The van der Waals surface area contributed by atoms with Gasteiger partial charge in [-0.05, 0) is 57.3 Å². The maximum Gasteiger partial charge on any atom is 0.251 e. The maximum absolute atomic E-state index is 12.2. The fourth-order valence-electron chi connectivity index (χ4n) is 2.54. The van der Waals surface area contributed by atoms with Gasteiger partial charge in [0.25, 0.3) is 5.91 Å². The van der Waals surface area contributed by atoms with Gasteiger partial charge < -0.3 is 10.6 Å². The Hall–Kier alpha value is -1.35. The lowest BCUT2D eigenvalue weighted by Crippen LogP contribution is -2.44. The van der Waals surface area contributed by atoms with Crippen molar-refractivity contribution in [1.82, 2.24) is 10.6 Å². The Kier molecular flexibility index (Phi) is 4.37. The average molecular weight is 246 g/mol. The monoisotopic (exact) mass is 246 g/mol. The summed E-state index contributed by atoms with van der Waals surface area (Å²) >= 11 is 0. The van der Waals surface area contributed by atoms with Gasteiger partial charge in [-0.1, -0.05) is 18.2 Å². The van der Waals surface area contributed by atoms with Crippen LogP contribution in [0.15, 0.2) is 24.3 Å². The summed E-state index contributed by atoms with van der Waals surface area (Å²) in [5.41, 5.74) is 1.82. The highest BCUT2D eigenvalue weighted by atomic mass is 16.1. The van der Waals surface area contributed by atoms with Crippen molar-refractivity contribution in [3.05, 3.63) is 35.4 Å². The van der Waals surface area contributed by atoms with Crippen LogP contribution < -0.4 is 10.6 Å². The molecule has 3 heteroatoms.